The third-order valence-corrected chi connectivity index (χ3v) is 4.46. The van der Waals surface area contributed by atoms with Crippen LogP contribution in [0.4, 0.5) is 0 Å². The number of nitrogens with two attached hydrogens (primary N) is 1. The van der Waals surface area contributed by atoms with E-state index in [0.717, 1.165) is 36.6 Å². The van der Waals surface area contributed by atoms with E-state index < -0.39 is 0 Å². The van der Waals surface area contributed by atoms with Gasteiger partial charge in [-0.05, 0) is 66.8 Å². The predicted molar refractivity (Wildman–Crippen MR) is 95.2 cm³/mol. The number of hydrogen-bond donors (Lipinski definition) is 2. The third-order valence-electron chi connectivity index (χ3n) is 4.22. The lowest BCUT2D eigenvalue weighted by atomic mass is 9.94. The summed E-state index contributed by atoms with van der Waals surface area (Å²) in [6, 6.07) is 14.8. The first-order valence-electron chi connectivity index (χ1n) is 8.20. The lowest BCUT2D eigenvalue weighted by molar-refractivity contribution is 0.327. The minimum atomic E-state index is 0.285. The van der Waals surface area contributed by atoms with Crippen LogP contribution in [0.3, 0.4) is 0 Å². The Morgan fingerprint density at radius 2 is 2.13 bits per heavy atom. The van der Waals surface area contributed by atoms with Crippen LogP contribution in [-0.4, -0.2) is 19.7 Å². The lowest BCUT2D eigenvalue weighted by Crippen LogP contribution is -2.23. The highest BCUT2D eigenvalue weighted by Gasteiger charge is 2.19. The molecule has 0 saturated heterocycles. The number of nitrogens with one attached hydrogen (secondary N) is 1. The van der Waals surface area contributed by atoms with Gasteiger partial charge in [0.15, 0.2) is 0 Å². The quantitative estimate of drug-likeness (QED) is 0.882. The van der Waals surface area contributed by atoms with Crippen molar-refractivity contribution in [3.8, 4) is 5.75 Å². The average molecular weight is 331 g/mol. The van der Waals surface area contributed by atoms with E-state index >= 15 is 0 Å². The van der Waals surface area contributed by atoms with Crippen molar-refractivity contribution < 1.29 is 4.74 Å². The van der Waals surface area contributed by atoms with Crippen molar-refractivity contribution in [3.63, 3.8) is 0 Å². The Hall–Kier alpha value is -1.55. The molecular weight excluding hydrogens is 308 g/mol. The predicted octanol–water partition coefficient (Wildman–Crippen LogP) is 3.50. The van der Waals surface area contributed by atoms with Gasteiger partial charge in [0.05, 0.1) is 0 Å². The molecule has 0 amide bonds. The van der Waals surface area contributed by atoms with Gasteiger partial charge in [-0.25, -0.2) is 0 Å². The number of ether oxygens (including phenoxy) is 1. The van der Waals surface area contributed by atoms with Gasteiger partial charge in [0.2, 0.25) is 0 Å². The molecule has 0 aliphatic carbocycles. The lowest BCUT2D eigenvalue weighted by Gasteiger charge is -2.20. The Kier molecular flexibility index (Phi) is 5.55. The van der Waals surface area contributed by atoms with Gasteiger partial charge in [-0.1, -0.05) is 29.8 Å². The van der Waals surface area contributed by atoms with Crippen molar-refractivity contribution in [2.75, 3.05) is 19.7 Å². The first kappa shape index (κ1) is 16.3. The summed E-state index contributed by atoms with van der Waals surface area (Å²) in [6.45, 7) is 2.10. The smallest absolute Gasteiger partial charge is 0.119 e. The van der Waals surface area contributed by atoms with Crippen molar-refractivity contribution >= 4 is 11.6 Å². The topological polar surface area (TPSA) is 47.3 Å². The number of aryl methyl sites for hydroxylation is 1. The molecule has 0 saturated carbocycles. The van der Waals surface area contributed by atoms with Gasteiger partial charge in [-0.2, -0.15) is 0 Å². The molecule has 23 heavy (non-hydrogen) atoms. The standard InChI is InChI=1S/C19H23ClN2O/c20-16-5-1-3-14(11-16)12-19-18-13-17(23-10-8-21)7-6-15(18)4-2-9-22-19/h1,3,5-7,11,13,19,22H,2,4,8-10,12,21H2. The molecule has 2 aromatic carbocycles. The zero-order valence-corrected chi connectivity index (χ0v) is 14.0. The summed E-state index contributed by atoms with van der Waals surface area (Å²) < 4.78 is 5.71. The second kappa shape index (κ2) is 7.82. The van der Waals surface area contributed by atoms with Gasteiger partial charge < -0.3 is 15.8 Å². The molecule has 1 aliphatic heterocycles. The molecule has 1 aliphatic rings. The van der Waals surface area contributed by atoms with Gasteiger partial charge in [-0.3, -0.25) is 0 Å². The molecule has 4 heteroatoms. The maximum absolute atomic E-state index is 6.13. The third kappa shape index (κ3) is 4.25. The van der Waals surface area contributed by atoms with Crippen LogP contribution >= 0.6 is 11.6 Å². The largest absolute Gasteiger partial charge is 0.492 e. The Bertz CT molecular complexity index is 660. The highest BCUT2D eigenvalue weighted by atomic mass is 35.5. The van der Waals surface area contributed by atoms with Crippen molar-refractivity contribution in [2.24, 2.45) is 5.73 Å². The van der Waals surface area contributed by atoms with Gasteiger partial charge in [-0.15, -0.1) is 0 Å². The number of benzene rings is 2. The monoisotopic (exact) mass is 330 g/mol. The van der Waals surface area contributed by atoms with Crippen LogP contribution in [0.5, 0.6) is 5.75 Å². The molecule has 3 N–H and O–H groups in total. The minimum Gasteiger partial charge on any atom is -0.492 e. The Morgan fingerprint density at radius 1 is 1.22 bits per heavy atom. The summed E-state index contributed by atoms with van der Waals surface area (Å²) in [6.07, 6.45) is 3.18. The first-order chi connectivity index (χ1) is 11.3. The van der Waals surface area contributed by atoms with Crippen LogP contribution in [0.15, 0.2) is 42.5 Å². The maximum atomic E-state index is 6.13. The maximum Gasteiger partial charge on any atom is 0.119 e. The summed E-state index contributed by atoms with van der Waals surface area (Å²) >= 11 is 6.13. The van der Waals surface area contributed by atoms with Gasteiger partial charge in [0.1, 0.15) is 12.4 Å². The highest BCUT2D eigenvalue weighted by molar-refractivity contribution is 6.30. The Labute approximate surface area is 142 Å². The molecular formula is C19H23ClN2O. The molecule has 3 rings (SSSR count). The van der Waals surface area contributed by atoms with Crippen molar-refractivity contribution in [1.82, 2.24) is 5.32 Å². The second-order valence-corrected chi connectivity index (χ2v) is 6.38. The summed E-state index contributed by atoms with van der Waals surface area (Å²) in [7, 11) is 0. The van der Waals surface area contributed by atoms with Gasteiger partial charge in [0, 0.05) is 17.6 Å². The summed E-state index contributed by atoms with van der Waals surface area (Å²) in [5, 5.41) is 4.45. The van der Waals surface area contributed by atoms with Crippen LogP contribution in [-0.2, 0) is 12.8 Å². The Balaban J connectivity index is 1.86. The SMILES string of the molecule is NCCOc1ccc2c(c1)C(Cc1cccc(Cl)c1)NCCC2. The van der Waals surface area contributed by atoms with E-state index in [1.807, 2.05) is 18.2 Å². The highest BCUT2D eigenvalue weighted by Crippen LogP contribution is 2.29. The fraction of sp³-hybridized carbons (Fsp3) is 0.368. The molecule has 2 aromatic rings. The number of hydrogen-bond acceptors (Lipinski definition) is 3. The first-order valence-corrected chi connectivity index (χ1v) is 8.57. The number of rotatable bonds is 5. The van der Waals surface area contributed by atoms with E-state index in [9.17, 15) is 0 Å². The number of fused-ring (bicyclic) bond motifs is 1. The fourth-order valence-electron chi connectivity index (χ4n) is 3.14. The summed E-state index contributed by atoms with van der Waals surface area (Å²) in [5.41, 5.74) is 9.51. The van der Waals surface area contributed by atoms with Gasteiger partial charge in [0.25, 0.3) is 0 Å². The summed E-state index contributed by atoms with van der Waals surface area (Å²) in [4.78, 5) is 0. The molecule has 3 nitrogen and oxygen atoms in total. The van der Waals surface area contributed by atoms with E-state index in [-0.39, 0.29) is 6.04 Å². The Morgan fingerprint density at radius 3 is 2.96 bits per heavy atom. The van der Waals surface area contributed by atoms with Crippen molar-refractivity contribution in [3.05, 3.63) is 64.2 Å². The zero-order chi connectivity index (χ0) is 16.1. The normalized spacial score (nSPS) is 17.4. The van der Waals surface area contributed by atoms with Crippen molar-refractivity contribution in [1.29, 1.82) is 0 Å². The van der Waals surface area contributed by atoms with E-state index in [0.29, 0.717) is 13.2 Å². The van der Waals surface area contributed by atoms with Crippen LogP contribution in [0.1, 0.15) is 29.2 Å². The van der Waals surface area contributed by atoms with Crippen LogP contribution in [0.25, 0.3) is 0 Å². The van der Waals surface area contributed by atoms with E-state index in [1.165, 1.54) is 16.7 Å². The van der Waals surface area contributed by atoms with Crippen LogP contribution < -0.4 is 15.8 Å². The van der Waals surface area contributed by atoms with E-state index in [4.69, 9.17) is 22.1 Å². The van der Waals surface area contributed by atoms with E-state index in [1.54, 1.807) is 0 Å². The van der Waals surface area contributed by atoms with Crippen molar-refractivity contribution in [2.45, 2.75) is 25.3 Å². The fourth-order valence-corrected chi connectivity index (χ4v) is 3.35. The van der Waals surface area contributed by atoms with Crippen LogP contribution in [0.2, 0.25) is 5.02 Å². The minimum absolute atomic E-state index is 0.285. The molecule has 122 valence electrons. The molecule has 0 aromatic heterocycles. The molecule has 0 fully saturated rings. The van der Waals surface area contributed by atoms with Crippen LogP contribution in [0, 0.1) is 0 Å². The number of halogens is 1. The molecule has 0 bridgehead atoms. The van der Waals surface area contributed by atoms with E-state index in [2.05, 4.69) is 29.6 Å². The molecule has 1 unspecified atom stereocenters. The average Bonchev–Trinajstić information content (AvgIpc) is 2.75. The molecule has 1 heterocycles. The zero-order valence-electron chi connectivity index (χ0n) is 13.2. The van der Waals surface area contributed by atoms with Gasteiger partial charge >= 0.3 is 0 Å². The summed E-state index contributed by atoms with van der Waals surface area (Å²) in [5.74, 6) is 0.897. The molecule has 1 atom stereocenters. The molecule has 0 spiro atoms. The molecule has 0 radical (unpaired) electrons. The second-order valence-electron chi connectivity index (χ2n) is 5.94.